The van der Waals surface area contributed by atoms with E-state index in [2.05, 4.69) is 5.32 Å². The third-order valence-corrected chi connectivity index (χ3v) is 4.49. The standard InChI is InChI=1S/C22H22ClNO6/c1-4-28-17-8-6-13(10-18(17)29-5-2)11-19(25)24-20-15-12-14(23)7-9-16(15)30-21(20)22(26)27-3/h6-10,12H,4-5,11H2,1-3H3,(H,24,25). The van der Waals surface area contributed by atoms with Crippen LogP contribution in [-0.4, -0.2) is 32.2 Å². The van der Waals surface area contributed by atoms with Gasteiger partial charge in [-0.3, -0.25) is 4.79 Å². The molecule has 0 unspecified atom stereocenters. The van der Waals surface area contributed by atoms with Crippen LogP contribution >= 0.6 is 11.6 Å². The molecule has 0 spiro atoms. The Morgan fingerprint density at radius 1 is 1.03 bits per heavy atom. The van der Waals surface area contributed by atoms with Gasteiger partial charge < -0.3 is 23.9 Å². The van der Waals surface area contributed by atoms with Gasteiger partial charge in [0.2, 0.25) is 11.7 Å². The molecule has 0 atom stereocenters. The van der Waals surface area contributed by atoms with Gasteiger partial charge in [-0.05, 0) is 49.7 Å². The van der Waals surface area contributed by atoms with Crippen LogP contribution < -0.4 is 14.8 Å². The van der Waals surface area contributed by atoms with E-state index >= 15 is 0 Å². The number of methoxy groups -OCH3 is 1. The molecule has 30 heavy (non-hydrogen) atoms. The number of benzene rings is 2. The molecule has 2 aromatic carbocycles. The van der Waals surface area contributed by atoms with Gasteiger partial charge in [0.15, 0.2) is 11.5 Å². The summed E-state index contributed by atoms with van der Waals surface area (Å²) >= 11 is 6.07. The largest absolute Gasteiger partial charge is 0.490 e. The molecule has 8 heteroatoms. The molecule has 3 rings (SSSR count). The van der Waals surface area contributed by atoms with E-state index < -0.39 is 5.97 Å². The third-order valence-electron chi connectivity index (χ3n) is 4.26. The fourth-order valence-corrected chi connectivity index (χ4v) is 3.18. The maximum Gasteiger partial charge on any atom is 0.376 e. The summed E-state index contributed by atoms with van der Waals surface area (Å²) in [6.45, 7) is 4.74. The fourth-order valence-electron chi connectivity index (χ4n) is 3.00. The Kier molecular flexibility index (Phi) is 6.84. The highest BCUT2D eigenvalue weighted by Gasteiger charge is 2.23. The Bertz CT molecular complexity index is 1070. The first-order valence-electron chi connectivity index (χ1n) is 9.45. The molecule has 158 valence electrons. The number of halogens is 1. The molecule has 0 radical (unpaired) electrons. The second kappa shape index (κ2) is 9.54. The lowest BCUT2D eigenvalue weighted by Crippen LogP contribution is -2.16. The molecule has 0 aliphatic rings. The van der Waals surface area contributed by atoms with Gasteiger partial charge in [0.05, 0.1) is 26.7 Å². The summed E-state index contributed by atoms with van der Waals surface area (Å²) in [6.07, 6.45) is 0.0559. The Morgan fingerprint density at radius 2 is 1.77 bits per heavy atom. The summed E-state index contributed by atoms with van der Waals surface area (Å²) in [6, 6.07) is 10.2. The summed E-state index contributed by atoms with van der Waals surface area (Å²) in [5.41, 5.74) is 1.36. The van der Waals surface area contributed by atoms with Crippen molar-refractivity contribution in [3.8, 4) is 11.5 Å². The van der Waals surface area contributed by atoms with Crippen LogP contribution in [0.5, 0.6) is 11.5 Å². The number of carbonyl (C=O) groups excluding carboxylic acids is 2. The first kappa shape index (κ1) is 21.5. The summed E-state index contributed by atoms with van der Waals surface area (Å²) in [5.74, 6) is 0.0592. The lowest BCUT2D eigenvalue weighted by Gasteiger charge is -2.12. The van der Waals surface area contributed by atoms with E-state index in [-0.39, 0.29) is 23.8 Å². The monoisotopic (exact) mass is 431 g/mol. The summed E-state index contributed by atoms with van der Waals surface area (Å²) in [4.78, 5) is 24.9. The van der Waals surface area contributed by atoms with Gasteiger partial charge in [-0.1, -0.05) is 17.7 Å². The molecule has 0 bridgehead atoms. The molecule has 1 amide bonds. The van der Waals surface area contributed by atoms with Crippen molar-refractivity contribution in [1.82, 2.24) is 0 Å². The lowest BCUT2D eigenvalue weighted by atomic mass is 10.1. The number of amides is 1. The molecular weight excluding hydrogens is 410 g/mol. The number of hydrogen-bond acceptors (Lipinski definition) is 6. The zero-order valence-electron chi connectivity index (χ0n) is 16.9. The minimum absolute atomic E-state index is 0.0559. The Morgan fingerprint density at radius 3 is 2.47 bits per heavy atom. The number of anilines is 1. The van der Waals surface area contributed by atoms with Gasteiger partial charge in [-0.15, -0.1) is 0 Å². The molecule has 3 aromatic rings. The Labute approximate surface area is 178 Å². The Hall–Kier alpha value is -3.19. The highest BCUT2D eigenvalue weighted by atomic mass is 35.5. The van der Waals surface area contributed by atoms with Gasteiger partial charge in [0, 0.05) is 10.4 Å². The van der Waals surface area contributed by atoms with Crippen LogP contribution in [0.3, 0.4) is 0 Å². The van der Waals surface area contributed by atoms with Crippen LogP contribution in [0.15, 0.2) is 40.8 Å². The van der Waals surface area contributed by atoms with Crippen molar-refractivity contribution in [2.45, 2.75) is 20.3 Å². The average Bonchev–Trinajstić information content (AvgIpc) is 3.07. The highest BCUT2D eigenvalue weighted by molar-refractivity contribution is 6.31. The minimum atomic E-state index is -0.697. The van der Waals surface area contributed by atoms with Gasteiger partial charge in [-0.25, -0.2) is 4.79 Å². The normalized spacial score (nSPS) is 10.7. The van der Waals surface area contributed by atoms with E-state index in [0.717, 1.165) is 5.56 Å². The maximum atomic E-state index is 12.7. The van der Waals surface area contributed by atoms with E-state index in [1.54, 1.807) is 36.4 Å². The number of rotatable bonds is 8. The van der Waals surface area contributed by atoms with Gasteiger partial charge >= 0.3 is 5.97 Å². The summed E-state index contributed by atoms with van der Waals surface area (Å²) in [5, 5.41) is 3.71. The fraction of sp³-hybridized carbons (Fsp3) is 0.273. The van der Waals surface area contributed by atoms with Crippen molar-refractivity contribution >= 4 is 40.1 Å². The van der Waals surface area contributed by atoms with Crippen LogP contribution in [-0.2, 0) is 16.0 Å². The smallest absolute Gasteiger partial charge is 0.376 e. The minimum Gasteiger partial charge on any atom is -0.490 e. The number of furan rings is 1. The number of carbonyl (C=O) groups is 2. The Balaban J connectivity index is 1.87. The number of hydrogen-bond donors (Lipinski definition) is 1. The first-order chi connectivity index (χ1) is 14.5. The van der Waals surface area contributed by atoms with Crippen LogP contribution in [0.1, 0.15) is 30.0 Å². The summed E-state index contributed by atoms with van der Waals surface area (Å²) in [7, 11) is 1.24. The molecule has 1 N–H and O–H groups in total. The predicted molar refractivity (Wildman–Crippen MR) is 114 cm³/mol. The van der Waals surface area contributed by atoms with E-state index in [9.17, 15) is 9.59 Å². The van der Waals surface area contributed by atoms with E-state index in [1.165, 1.54) is 7.11 Å². The van der Waals surface area contributed by atoms with Gasteiger partial charge in [-0.2, -0.15) is 0 Å². The molecule has 0 aliphatic heterocycles. The van der Waals surface area contributed by atoms with Crippen molar-refractivity contribution < 1.29 is 28.2 Å². The van der Waals surface area contributed by atoms with Crippen molar-refractivity contribution in [1.29, 1.82) is 0 Å². The first-order valence-corrected chi connectivity index (χ1v) is 9.83. The van der Waals surface area contributed by atoms with E-state index in [1.807, 2.05) is 13.8 Å². The SMILES string of the molecule is CCOc1ccc(CC(=O)Nc2c(C(=O)OC)oc3ccc(Cl)cc23)cc1OCC. The molecule has 0 aliphatic carbocycles. The van der Waals surface area contributed by atoms with Crippen LogP contribution in [0.2, 0.25) is 5.02 Å². The predicted octanol–water partition coefficient (Wildman–Crippen LogP) is 4.85. The van der Waals surface area contributed by atoms with Gasteiger partial charge in [0.25, 0.3) is 0 Å². The number of ether oxygens (including phenoxy) is 3. The number of esters is 1. The third kappa shape index (κ3) is 4.68. The van der Waals surface area contributed by atoms with E-state index in [0.29, 0.717) is 40.7 Å². The topological polar surface area (TPSA) is 87.0 Å². The molecule has 7 nitrogen and oxygen atoms in total. The second-order valence-electron chi connectivity index (χ2n) is 6.31. The molecule has 1 heterocycles. The van der Waals surface area contributed by atoms with Crippen molar-refractivity contribution in [3.05, 3.63) is 52.7 Å². The zero-order chi connectivity index (χ0) is 21.7. The van der Waals surface area contributed by atoms with Crippen molar-refractivity contribution in [2.24, 2.45) is 0 Å². The number of fused-ring (bicyclic) bond motifs is 1. The highest BCUT2D eigenvalue weighted by Crippen LogP contribution is 2.34. The quantitative estimate of drug-likeness (QED) is 0.513. The average molecular weight is 432 g/mol. The summed E-state index contributed by atoms with van der Waals surface area (Å²) < 4.78 is 21.5. The number of nitrogens with one attached hydrogen (secondary N) is 1. The lowest BCUT2D eigenvalue weighted by molar-refractivity contribution is -0.115. The molecular formula is C22H22ClNO6. The maximum absolute atomic E-state index is 12.7. The second-order valence-corrected chi connectivity index (χ2v) is 6.75. The van der Waals surface area contributed by atoms with Crippen LogP contribution in [0.25, 0.3) is 11.0 Å². The zero-order valence-corrected chi connectivity index (χ0v) is 17.7. The van der Waals surface area contributed by atoms with Crippen molar-refractivity contribution in [3.63, 3.8) is 0 Å². The molecule has 0 saturated carbocycles. The van der Waals surface area contributed by atoms with Crippen LogP contribution in [0.4, 0.5) is 5.69 Å². The van der Waals surface area contributed by atoms with Crippen LogP contribution in [0, 0.1) is 0 Å². The molecule has 0 saturated heterocycles. The van der Waals surface area contributed by atoms with E-state index in [4.69, 9.17) is 30.2 Å². The van der Waals surface area contributed by atoms with Crippen molar-refractivity contribution in [2.75, 3.05) is 25.6 Å². The molecule has 1 aromatic heterocycles. The van der Waals surface area contributed by atoms with Gasteiger partial charge in [0.1, 0.15) is 11.3 Å². The molecule has 0 fully saturated rings.